The lowest BCUT2D eigenvalue weighted by atomic mass is 10.3. The van der Waals surface area contributed by atoms with Crippen LogP contribution in [0.15, 0.2) is 33.5 Å². The van der Waals surface area contributed by atoms with Crippen LogP contribution in [-0.4, -0.2) is 15.3 Å². The molecule has 0 unspecified atom stereocenters. The first-order valence-corrected chi connectivity index (χ1v) is 7.69. The first-order valence-electron chi connectivity index (χ1n) is 6.10. The summed E-state index contributed by atoms with van der Waals surface area (Å²) in [5.74, 6) is 1.55. The summed E-state index contributed by atoms with van der Waals surface area (Å²) in [6.07, 6.45) is 2.46. The number of hydrogen-bond acceptors (Lipinski definition) is 5. The van der Waals surface area contributed by atoms with E-state index in [0.29, 0.717) is 5.92 Å². The Balaban J connectivity index is 1.66. The highest BCUT2D eigenvalue weighted by Crippen LogP contribution is 2.40. The molecule has 1 aromatic carbocycles. The fourth-order valence-corrected chi connectivity index (χ4v) is 3.34. The first kappa shape index (κ1) is 12.6. The molecule has 1 saturated carbocycles. The number of hydrogen-bond donors (Lipinski definition) is 1. The second kappa shape index (κ2) is 5.30. The molecule has 0 spiro atoms. The molecule has 1 fully saturated rings. The normalized spacial score (nSPS) is 14.4. The molecule has 19 heavy (non-hydrogen) atoms. The minimum atomic E-state index is -0.0569. The molecule has 0 bridgehead atoms. The molecule has 0 radical (unpaired) electrons. The molecule has 1 N–H and O–H groups in total. The molecule has 98 valence electrons. The molecule has 1 aliphatic rings. The standard InChI is InChI=1S/C13H13N3OS2/c1-8(17)14-10-4-6-11(7-5-10)18-13-15-12(16-19-13)9-2-3-9/h4-7,9H,2-3H2,1H3,(H,14,17). The molecule has 0 saturated heterocycles. The number of amides is 1. The lowest BCUT2D eigenvalue weighted by molar-refractivity contribution is -0.114. The van der Waals surface area contributed by atoms with Gasteiger partial charge in [0.1, 0.15) is 5.82 Å². The van der Waals surface area contributed by atoms with Crippen LogP contribution >= 0.6 is 23.3 Å². The highest BCUT2D eigenvalue weighted by Gasteiger charge is 2.27. The summed E-state index contributed by atoms with van der Waals surface area (Å²) in [6, 6.07) is 7.75. The average molecular weight is 291 g/mol. The van der Waals surface area contributed by atoms with Crippen molar-refractivity contribution in [3.63, 3.8) is 0 Å². The number of carbonyl (C=O) groups excluding carboxylic acids is 1. The van der Waals surface area contributed by atoms with Crippen LogP contribution in [0.3, 0.4) is 0 Å². The van der Waals surface area contributed by atoms with Crippen LogP contribution in [0.1, 0.15) is 31.5 Å². The van der Waals surface area contributed by atoms with Gasteiger partial charge in [-0.15, -0.1) is 0 Å². The predicted octanol–water partition coefficient (Wildman–Crippen LogP) is 3.53. The van der Waals surface area contributed by atoms with E-state index in [2.05, 4.69) is 14.7 Å². The van der Waals surface area contributed by atoms with Crippen molar-refractivity contribution in [3.05, 3.63) is 30.1 Å². The van der Waals surface area contributed by atoms with Crippen molar-refractivity contribution in [1.82, 2.24) is 9.36 Å². The Morgan fingerprint density at radius 3 is 2.74 bits per heavy atom. The minimum Gasteiger partial charge on any atom is -0.326 e. The van der Waals surface area contributed by atoms with Gasteiger partial charge in [-0.25, -0.2) is 4.98 Å². The third-order valence-corrected chi connectivity index (χ3v) is 4.52. The topological polar surface area (TPSA) is 54.9 Å². The van der Waals surface area contributed by atoms with Crippen molar-refractivity contribution in [3.8, 4) is 0 Å². The molecule has 1 aliphatic carbocycles. The Morgan fingerprint density at radius 1 is 1.37 bits per heavy atom. The number of benzene rings is 1. The van der Waals surface area contributed by atoms with E-state index < -0.39 is 0 Å². The second-order valence-electron chi connectivity index (χ2n) is 4.50. The average Bonchev–Trinajstić information content (AvgIpc) is 3.12. The van der Waals surface area contributed by atoms with Gasteiger partial charge in [0.15, 0.2) is 4.34 Å². The van der Waals surface area contributed by atoms with Gasteiger partial charge in [-0.05, 0) is 48.6 Å². The van der Waals surface area contributed by atoms with Crippen LogP contribution in [0.5, 0.6) is 0 Å². The Bertz CT molecular complexity index is 590. The number of carbonyl (C=O) groups is 1. The molecule has 6 heteroatoms. The highest BCUT2D eigenvalue weighted by molar-refractivity contribution is 8.01. The van der Waals surface area contributed by atoms with E-state index in [0.717, 1.165) is 20.7 Å². The fraction of sp³-hybridized carbons (Fsp3) is 0.308. The number of anilines is 1. The minimum absolute atomic E-state index is 0.0569. The Kier molecular flexibility index (Phi) is 3.52. The van der Waals surface area contributed by atoms with E-state index in [9.17, 15) is 4.79 Å². The number of aromatic nitrogens is 2. The third-order valence-electron chi connectivity index (χ3n) is 2.75. The fourth-order valence-electron chi connectivity index (χ4n) is 1.68. The highest BCUT2D eigenvalue weighted by atomic mass is 32.2. The zero-order chi connectivity index (χ0) is 13.2. The molecular formula is C13H13N3OS2. The zero-order valence-corrected chi connectivity index (χ0v) is 12.1. The molecular weight excluding hydrogens is 278 g/mol. The second-order valence-corrected chi connectivity index (χ2v) is 6.57. The van der Waals surface area contributed by atoms with Gasteiger partial charge >= 0.3 is 0 Å². The summed E-state index contributed by atoms with van der Waals surface area (Å²) in [4.78, 5) is 16.6. The van der Waals surface area contributed by atoms with Gasteiger partial charge in [0.05, 0.1) is 0 Å². The number of nitrogens with one attached hydrogen (secondary N) is 1. The predicted molar refractivity (Wildman–Crippen MR) is 76.8 cm³/mol. The first-order chi connectivity index (χ1) is 9.20. The van der Waals surface area contributed by atoms with E-state index in [-0.39, 0.29) is 5.91 Å². The van der Waals surface area contributed by atoms with E-state index in [4.69, 9.17) is 0 Å². The van der Waals surface area contributed by atoms with Crippen molar-refractivity contribution in [1.29, 1.82) is 0 Å². The molecule has 4 nitrogen and oxygen atoms in total. The summed E-state index contributed by atoms with van der Waals surface area (Å²) >= 11 is 3.07. The summed E-state index contributed by atoms with van der Waals surface area (Å²) in [5, 5.41) is 2.75. The Morgan fingerprint density at radius 2 is 2.11 bits per heavy atom. The van der Waals surface area contributed by atoms with Gasteiger partial charge in [0.2, 0.25) is 5.91 Å². The zero-order valence-electron chi connectivity index (χ0n) is 10.4. The maximum atomic E-state index is 10.9. The SMILES string of the molecule is CC(=O)Nc1ccc(Sc2nc(C3CC3)ns2)cc1. The molecule has 1 amide bonds. The van der Waals surface area contributed by atoms with Gasteiger partial charge in [0.25, 0.3) is 0 Å². The Hall–Kier alpha value is -1.40. The van der Waals surface area contributed by atoms with E-state index in [1.54, 1.807) is 11.8 Å². The van der Waals surface area contributed by atoms with Gasteiger partial charge < -0.3 is 5.32 Å². The van der Waals surface area contributed by atoms with E-state index >= 15 is 0 Å². The molecule has 0 aliphatic heterocycles. The smallest absolute Gasteiger partial charge is 0.221 e. The summed E-state index contributed by atoms with van der Waals surface area (Å²) in [7, 11) is 0. The van der Waals surface area contributed by atoms with Gasteiger partial charge in [-0.3, -0.25) is 4.79 Å². The van der Waals surface area contributed by atoms with Crippen LogP contribution in [-0.2, 0) is 4.79 Å². The van der Waals surface area contributed by atoms with Crippen molar-refractivity contribution in [2.75, 3.05) is 5.32 Å². The van der Waals surface area contributed by atoms with Gasteiger partial charge in [-0.1, -0.05) is 11.8 Å². The van der Waals surface area contributed by atoms with Crippen molar-refractivity contribution in [2.24, 2.45) is 0 Å². The molecule has 2 aromatic rings. The Labute approximate surface area is 119 Å². The quantitative estimate of drug-likeness (QED) is 0.936. The van der Waals surface area contributed by atoms with Crippen LogP contribution in [0, 0.1) is 0 Å². The van der Waals surface area contributed by atoms with Crippen LogP contribution in [0.2, 0.25) is 0 Å². The molecule has 0 atom stereocenters. The third kappa shape index (κ3) is 3.33. The maximum absolute atomic E-state index is 10.9. The van der Waals surface area contributed by atoms with Gasteiger partial charge in [-0.2, -0.15) is 4.37 Å². The lowest BCUT2D eigenvalue weighted by Crippen LogP contribution is -2.05. The summed E-state index contributed by atoms with van der Waals surface area (Å²) < 4.78 is 5.36. The van der Waals surface area contributed by atoms with Crippen molar-refractivity contribution < 1.29 is 4.79 Å². The lowest BCUT2D eigenvalue weighted by Gasteiger charge is -2.02. The largest absolute Gasteiger partial charge is 0.326 e. The van der Waals surface area contributed by atoms with Crippen LogP contribution in [0.25, 0.3) is 0 Å². The van der Waals surface area contributed by atoms with Crippen LogP contribution in [0.4, 0.5) is 5.69 Å². The van der Waals surface area contributed by atoms with E-state index in [1.807, 2.05) is 24.3 Å². The van der Waals surface area contributed by atoms with Crippen molar-refractivity contribution >= 4 is 34.9 Å². The maximum Gasteiger partial charge on any atom is 0.221 e. The molecule has 3 rings (SSSR count). The summed E-state index contributed by atoms with van der Waals surface area (Å²) in [6.45, 7) is 1.50. The van der Waals surface area contributed by atoms with Crippen LogP contribution < -0.4 is 5.32 Å². The van der Waals surface area contributed by atoms with Crippen molar-refractivity contribution in [2.45, 2.75) is 34.9 Å². The summed E-state index contributed by atoms with van der Waals surface area (Å²) in [5.41, 5.74) is 0.813. The monoisotopic (exact) mass is 291 g/mol. The number of nitrogens with zero attached hydrogens (tertiary/aromatic N) is 2. The van der Waals surface area contributed by atoms with E-state index in [1.165, 1.54) is 31.3 Å². The molecule has 1 heterocycles. The van der Waals surface area contributed by atoms with Gasteiger partial charge in [0, 0.05) is 23.4 Å². The number of rotatable bonds is 4. The molecule has 1 aromatic heterocycles.